The van der Waals surface area contributed by atoms with Crippen molar-refractivity contribution in [2.75, 3.05) is 6.54 Å². The van der Waals surface area contributed by atoms with E-state index in [9.17, 15) is 0 Å². The predicted molar refractivity (Wildman–Crippen MR) is 97.1 cm³/mol. The molecule has 0 aromatic carbocycles. The number of aromatic nitrogens is 1. The lowest BCUT2D eigenvalue weighted by molar-refractivity contribution is 0.410. The summed E-state index contributed by atoms with van der Waals surface area (Å²) in [5.74, 6) is 0.946. The number of thiazole rings is 1. The van der Waals surface area contributed by atoms with Crippen LogP contribution in [0.4, 0.5) is 0 Å². The Balaban J connectivity index is 0.00000200. The fraction of sp³-hybridized carbons (Fsp3) is 0.714. The van der Waals surface area contributed by atoms with E-state index in [0.717, 1.165) is 24.7 Å². The van der Waals surface area contributed by atoms with E-state index < -0.39 is 0 Å². The molecular formula is C14H25IN4S. The second-order valence-electron chi connectivity index (χ2n) is 5.04. The van der Waals surface area contributed by atoms with Gasteiger partial charge in [0.1, 0.15) is 0 Å². The maximum Gasteiger partial charge on any atom is 0.191 e. The summed E-state index contributed by atoms with van der Waals surface area (Å²) >= 11 is 1.68. The zero-order valence-electron chi connectivity index (χ0n) is 12.3. The van der Waals surface area contributed by atoms with E-state index in [-0.39, 0.29) is 24.0 Å². The molecule has 1 saturated carbocycles. The maximum atomic E-state index is 4.68. The van der Waals surface area contributed by atoms with E-state index in [0.29, 0.717) is 6.04 Å². The fourth-order valence-electron chi connectivity index (χ4n) is 2.39. The molecule has 20 heavy (non-hydrogen) atoms. The molecule has 1 heterocycles. The van der Waals surface area contributed by atoms with Gasteiger partial charge in [0.25, 0.3) is 0 Å². The molecule has 1 aromatic rings. The standard InChI is InChI=1S/C14H24N4S.HI/c1-3-15-14(18-12-7-5-4-6-8-12)16-9-13-11(2)17-10-19-13;/h10,12H,3-9H2,1-2H3,(H2,15,16,18);1H. The van der Waals surface area contributed by atoms with E-state index in [1.807, 2.05) is 12.4 Å². The Bertz CT molecular complexity index is 413. The maximum absolute atomic E-state index is 4.68. The van der Waals surface area contributed by atoms with Crippen molar-refractivity contribution in [2.24, 2.45) is 4.99 Å². The molecule has 1 aromatic heterocycles. The summed E-state index contributed by atoms with van der Waals surface area (Å²) < 4.78 is 0. The van der Waals surface area contributed by atoms with E-state index in [1.165, 1.54) is 37.0 Å². The van der Waals surface area contributed by atoms with Crippen LogP contribution in [-0.2, 0) is 6.54 Å². The van der Waals surface area contributed by atoms with E-state index in [1.54, 1.807) is 11.3 Å². The molecule has 0 atom stereocenters. The van der Waals surface area contributed by atoms with Crippen molar-refractivity contribution < 1.29 is 0 Å². The molecule has 1 fully saturated rings. The van der Waals surface area contributed by atoms with E-state index in [2.05, 4.69) is 27.5 Å². The number of aryl methyl sites for hydroxylation is 1. The first kappa shape index (κ1) is 17.7. The summed E-state index contributed by atoms with van der Waals surface area (Å²) in [6, 6.07) is 0.592. The Morgan fingerprint density at radius 1 is 1.40 bits per heavy atom. The number of rotatable bonds is 4. The van der Waals surface area contributed by atoms with Crippen LogP contribution in [0.25, 0.3) is 0 Å². The third-order valence-electron chi connectivity index (χ3n) is 3.52. The number of nitrogens with one attached hydrogen (secondary N) is 2. The summed E-state index contributed by atoms with van der Waals surface area (Å²) in [7, 11) is 0. The van der Waals surface area contributed by atoms with Gasteiger partial charge in [0.2, 0.25) is 0 Å². The Morgan fingerprint density at radius 2 is 2.15 bits per heavy atom. The van der Waals surface area contributed by atoms with Crippen LogP contribution in [0.1, 0.15) is 49.6 Å². The van der Waals surface area contributed by atoms with Crippen LogP contribution in [0, 0.1) is 6.92 Å². The van der Waals surface area contributed by atoms with Gasteiger partial charge in [-0.3, -0.25) is 0 Å². The highest BCUT2D eigenvalue weighted by atomic mass is 127. The predicted octanol–water partition coefficient (Wildman–Crippen LogP) is 3.46. The van der Waals surface area contributed by atoms with Gasteiger partial charge >= 0.3 is 0 Å². The molecule has 0 unspecified atom stereocenters. The van der Waals surface area contributed by atoms with Crippen molar-refractivity contribution in [1.82, 2.24) is 15.6 Å². The van der Waals surface area contributed by atoms with Crippen LogP contribution in [0.3, 0.4) is 0 Å². The Kier molecular flexibility index (Phi) is 8.44. The topological polar surface area (TPSA) is 49.3 Å². The average Bonchev–Trinajstić information content (AvgIpc) is 2.83. The zero-order valence-corrected chi connectivity index (χ0v) is 15.5. The first-order valence-electron chi connectivity index (χ1n) is 7.23. The summed E-state index contributed by atoms with van der Waals surface area (Å²) in [6.45, 7) is 5.78. The lowest BCUT2D eigenvalue weighted by Crippen LogP contribution is -2.44. The SMILES string of the molecule is CCNC(=NCc1scnc1C)NC1CCCCC1.I. The zero-order chi connectivity index (χ0) is 13.5. The van der Waals surface area contributed by atoms with Crippen molar-refractivity contribution in [2.45, 2.75) is 58.5 Å². The van der Waals surface area contributed by atoms with Crippen LogP contribution < -0.4 is 10.6 Å². The molecule has 2 N–H and O–H groups in total. The lowest BCUT2D eigenvalue weighted by Gasteiger charge is -2.24. The minimum absolute atomic E-state index is 0. The van der Waals surface area contributed by atoms with Gasteiger partial charge in [0, 0.05) is 17.5 Å². The van der Waals surface area contributed by atoms with Crippen molar-refractivity contribution in [1.29, 1.82) is 0 Å². The molecule has 0 radical (unpaired) electrons. The molecule has 1 aliphatic rings. The number of nitrogens with zero attached hydrogens (tertiary/aromatic N) is 2. The van der Waals surface area contributed by atoms with Gasteiger partial charge in [-0.05, 0) is 26.7 Å². The van der Waals surface area contributed by atoms with Gasteiger partial charge in [-0.1, -0.05) is 19.3 Å². The first-order valence-corrected chi connectivity index (χ1v) is 8.11. The molecule has 114 valence electrons. The number of halogens is 1. The Morgan fingerprint density at radius 3 is 2.75 bits per heavy atom. The minimum atomic E-state index is 0. The molecule has 0 saturated heterocycles. The Hall–Kier alpha value is -0.370. The quantitative estimate of drug-likeness (QED) is 0.456. The molecule has 6 heteroatoms. The molecule has 1 aliphatic carbocycles. The van der Waals surface area contributed by atoms with Gasteiger partial charge in [0.15, 0.2) is 5.96 Å². The molecule has 0 aliphatic heterocycles. The molecule has 2 rings (SSSR count). The normalized spacial score (nSPS) is 16.6. The van der Waals surface area contributed by atoms with Gasteiger partial charge in [-0.2, -0.15) is 0 Å². The summed E-state index contributed by atoms with van der Waals surface area (Å²) in [6.07, 6.45) is 6.59. The fourth-order valence-corrected chi connectivity index (χ4v) is 3.09. The van der Waals surface area contributed by atoms with Gasteiger partial charge in [0.05, 0.1) is 17.7 Å². The van der Waals surface area contributed by atoms with Crippen LogP contribution in [0.5, 0.6) is 0 Å². The van der Waals surface area contributed by atoms with E-state index in [4.69, 9.17) is 0 Å². The van der Waals surface area contributed by atoms with Crippen LogP contribution in [-0.4, -0.2) is 23.5 Å². The van der Waals surface area contributed by atoms with E-state index >= 15 is 0 Å². The highest BCUT2D eigenvalue weighted by molar-refractivity contribution is 14.0. The number of aliphatic imine (C=N–C) groups is 1. The van der Waals surface area contributed by atoms with Crippen molar-refractivity contribution in [3.05, 3.63) is 16.1 Å². The average molecular weight is 408 g/mol. The number of hydrogen-bond acceptors (Lipinski definition) is 3. The highest BCUT2D eigenvalue weighted by Gasteiger charge is 2.14. The smallest absolute Gasteiger partial charge is 0.191 e. The molecule has 4 nitrogen and oxygen atoms in total. The van der Waals surface area contributed by atoms with Gasteiger partial charge in [-0.15, -0.1) is 35.3 Å². The summed E-state index contributed by atoms with van der Waals surface area (Å²) in [4.78, 5) is 10.2. The third-order valence-corrected chi connectivity index (χ3v) is 4.44. The molecule has 0 amide bonds. The van der Waals surface area contributed by atoms with Crippen molar-refractivity contribution >= 4 is 41.3 Å². The molecule has 0 spiro atoms. The second kappa shape index (κ2) is 9.55. The van der Waals surface area contributed by atoms with Crippen LogP contribution in [0.15, 0.2) is 10.5 Å². The number of guanidine groups is 1. The van der Waals surface area contributed by atoms with Crippen molar-refractivity contribution in [3.8, 4) is 0 Å². The number of hydrogen-bond donors (Lipinski definition) is 2. The highest BCUT2D eigenvalue weighted by Crippen LogP contribution is 2.17. The summed E-state index contributed by atoms with van der Waals surface area (Å²) in [5.41, 5.74) is 2.99. The summed E-state index contributed by atoms with van der Waals surface area (Å²) in [5, 5.41) is 6.90. The lowest BCUT2D eigenvalue weighted by atomic mass is 9.96. The van der Waals surface area contributed by atoms with Gasteiger partial charge < -0.3 is 10.6 Å². The van der Waals surface area contributed by atoms with Gasteiger partial charge in [-0.25, -0.2) is 9.98 Å². The molecular weight excluding hydrogens is 383 g/mol. The van der Waals surface area contributed by atoms with Crippen LogP contribution in [0.2, 0.25) is 0 Å². The first-order chi connectivity index (χ1) is 9.29. The monoisotopic (exact) mass is 408 g/mol. The second-order valence-corrected chi connectivity index (χ2v) is 5.97. The Labute approximate surface area is 142 Å². The van der Waals surface area contributed by atoms with Crippen LogP contribution >= 0.6 is 35.3 Å². The third kappa shape index (κ3) is 5.55. The molecule has 0 bridgehead atoms. The largest absolute Gasteiger partial charge is 0.357 e. The minimum Gasteiger partial charge on any atom is -0.357 e. The van der Waals surface area contributed by atoms with Crippen molar-refractivity contribution in [3.63, 3.8) is 0 Å².